The number of benzene rings is 1. The van der Waals surface area contributed by atoms with Gasteiger partial charge in [-0.15, -0.1) is 0 Å². The number of hydrogen-bond donors (Lipinski definition) is 0. The van der Waals surface area contributed by atoms with Gasteiger partial charge in [0.2, 0.25) is 23.7 Å². The molecule has 2 aromatic rings. The molecule has 0 aliphatic carbocycles. The highest BCUT2D eigenvalue weighted by Gasteiger charge is 2.33. The van der Waals surface area contributed by atoms with Crippen LogP contribution in [-0.4, -0.2) is 64.7 Å². The summed E-state index contributed by atoms with van der Waals surface area (Å²) in [4.78, 5) is 52.0. The molecule has 0 saturated carbocycles. The topological polar surface area (TPSA) is 86.7 Å². The van der Waals surface area contributed by atoms with E-state index < -0.39 is 0 Å². The largest absolute Gasteiger partial charge is 0.347 e. The normalized spacial score (nSPS) is 18.9. The second-order valence-corrected chi connectivity index (χ2v) is 9.45. The fourth-order valence-electron chi connectivity index (χ4n) is 4.65. The number of hydrogen-bond acceptors (Lipinski definition) is 6. The maximum atomic E-state index is 13.4. The Hall–Kier alpha value is -3.00. The van der Waals surface area contributed by atoms with Crippen LogP contribution >= 0.6 is 11.6 Å². The summed E-state index contributed by atoms with van der Waals surface area (Å²) in [7, 11) is 3.77. The van der Waals surface area contributed by atoms with E-state index in [9.17, 15) is 14.4 Å². The van der Waals surface area contributed by atoms with Gasteiger partial charge in [0, 0.05) is 63.2 Å². The number of piperidine rings is 2. The van der Waals surface area contributed by atoms with E-state index >= 15 is 0 Å². The van der Waals surface area contributed by atoms with Crippen molar-refractivity contribution in [1.29, 1.82) is 0 Å². The molecule has 180 valence electrons. The first kappa shape index (κ1) is 24.1. The smallest absolute Gasteiger partial charge is 0.229 e. The summed E-state index contributed by atoms with van der Waals surface area (Å²) in [5.74, 6) is 0.129. The SMILES string of the molecule is CN(C)c1ncc(-c2cccc(Cl)c2)c(C2CCCCN2C(=O)CCN2C(=O)CCCC2=O)n1. The van der Waals surface area contributed by atoms with Gasteiger partial charge in [-0.1, -0.05) is 23.7 Å². The van der Waals surface area contributed by atoms with Crippen molar-refractivity contribution in [3.63, 3.8) is 0 Å². The Morgan fingerprint density at radius 2 is 1.91 bits per heavy atom. The number of carbonyl (C=O) groups is 3. The van der Waals surface area contributed by atoms with Crippen LogP contribution in [0.3, 0.4) is 0 Å². The fraction of sp³-hybridized carbons (Fsp3) is 0.480. The van der Waals surface area contributed by atoms with E-state index in [4.69, 9.17) is 16.6 Å². The fourth-order valence-corrected chi connectivity index (χ4v) is 4.84. The first-order valence-electron chi connectivity index (χ1n) is 11.8. The molecule has 3 amide bonds. The van der Waals surface area contributed by atoms with Crippen LogP contribution in [0.5, 0.6) is 0 Å². The minimum absolute atomic E-state index is 0.0714. The molecule has 3 heterocycles. The molecule has 1 unspecified atom stereocenters. The molecule has 1 aromatic heterocycles. The third-order valence-electron chi connectivity index (χ3n) is 6.41. The molecule has 0 radical (unpaired) electrons. The Kier molecular flexibility index (Phi) is 7.46. The Balaban J connectivity index is 1.63. The van der Waals surface area contributed by atoms with Crippen molar-refractivity contribution in [2.75, 3.05) is 32.1 Å². The number of aromatic nitrogens is 2. The zero-order valence-corrected chi connectivity index (χ0v) is 20.4. The van der Waals surface area contributed by atoms with Crippen molar-refractivity contribution in [2.45, 2.75) is 51.0 Å². The standard InChI is InChI=1S/C25H30ClN5O3/c1-29(2)25-27-16-19(17-7-5-8-18(26)15-17)24(28-25)20-9-3-4-13-30(20)23(34)12-14-31-21(32)10-6-11-22(31)33/h5,7-8,15-16,20H,3-4,6,9-14H2,1-2H3. The molecule has 2 aliphatic rings. The zero-order chi connectivity index (χ0) is 24.2. The Morgan fingerprint density at radius 1 is 1.15 bits per heavy atom. The maximum Gasteiger partial charge on any atom is 0.229 e. The monoisotopic (exact) mass is 483 g/mol. The Morgan fingerprint density at radius 3 is 2.62 bits per heavy atom. The third kappa shape index (κ3) is 5.22. The van der Waals surface area contributed by atoms with Gasteiger partial charge in [-0.3, -0.25) is 19.3 Å². The Labute approximate surface area is 204 Å². The molecule has 2 aliphatic heterocycles. The van der Waals surface area contributed by atoms with E-state index in [-0.39, 0.29) is 36.7 Å². The minimum atomic E-state index is -0.218. The van der Waals surface area contributed by atoms with Gasteiger partial charge in [0.25, 0.3) is 0 Å². The summed E-state index contributed by atoms with van der Waals surface area (Å²) >= 11 is 6.26. The molecule has 1 atom stereocenters. The number of likely N-dealkylation sites (tertiary alicyclic amines) is 2. The summed E-state index contributed by atoms with van der Waals surface area (Å²) in [5.41, 5.74) is 2.54. The molecule has 2 saturated heterocycles. The molecule has 9 heteroatoms. The lowest BCUT2D eigenvalue weighted by atomic mass is 9.93. The number of nitrogens with zero attached hydrogens (tertiary/aromatic N) is 5. The Bertz CT molecular complexity index is 1070. The predicted octanol–water partition coefficient (Wildman–Crippen LogP) is 3.85. The van der Waals surface area contributed by atoms with E-state index in [1.807, 2.05) is 48.2 Å². The van der Waals surface area contributed by atoms with Crippen molar-refractivity contribution in [3.05, 3.63) is 41.2 Å². The second kappa shape index (κ2) is 10.5. The first-order chi connectivity index (χ1) is 16.3. The second-order valence-electron chi connectivity index (χ2n) is 9.02. The number of rotatable bonds is 6. The molecule has 0 N–H and O–H groups in total. The summed E-state index contributed by atoms with van der Waals surface area (Å²) in [5, 5.41) is 0.618. The molecule has 34 heavy (non-hydrogen) atoms. The third-order valence-corrected chi connectivity index (χ3v) is 6.65. The highest BCUT2D eigenvalue weighted by Crippen LogP contribution is 2.37. The lowest BCUT2D eigenvalue weighted by molar-refractivity contribution is -0.148. The van der Waals surface area contributed by atoms with Gasteiger partial charge in [0.15, 0.2) is 0 Å². The summed E-state index contributed by atoms with van der Waals surface area (Å²) in [6.07, 6.45) is 5.90. The summed E-state index contributed by atoms with van der Waals surface area (Å²) in [6.45, 7) is 0.745. The predicted molar refractivity (Wildman–Crippen MR) is 130 cm³/mol. The number of anilines is 1. The summed E-state index contributed by atoms with van der Waals surface area (Å²) < 4.78 is 0. The lowest BCUT2D eigenvalue weighted by Gasteiger charge is -2.37. The van der Waals surface area contributed by atoms with Crippen LogP contribution in [-0.2, 0) is 14.4 Å². The molecule has 1 aromatic carbocycles. The lowest BCUT2D eigenvalue weighted by Crippen LogP contribution is -2.44. The van der Waals surface area contributed by atoms with Crippen molar-refractivity contribution < 1.29 is 14.4 Å². The van der Waals surface area contributed by atoms with Gasteiger partial charge >= 0.3 is 0 Å². The molecular weight excluding hydrogens is 454 g/mol. The number of imide groups is 1. The molecule has 0 bridgehead atoms. The van der Waals surface area contributed by atoms with Gasteiger partial charge in [0.1, 0.15) is 0 Å². The number of amides is 3. The minimum Gasteiger partial charge on any atom is -0.347 e. The van der Waals surface area contributed by atoms with E-state index in [2.05, 4.69) is 4.98 Å². The summed E-state index contributed by atoms with van der Waals surface area (Å²) in [6, 6.07) is 7.33. The van der Waals surface area contributed by atoms with Crippen molar-refractivity contribution >= 4 is 35.3 Å². The average Bonchev–Trinajstić information content (AvgIpc) is 2.83. The molecule has 0 spiro atoms. The van der Waals surface area contributed by atoms with Crippen LogP contribution in [0.1, 0.15) is 56.7 Å². The molecule has 4 rings (SSSR count). The van der Waals surface area contributed by atoms with Gasteiger partial charge in [0.05, 0.1) is 11.7 Å². The number of halogens is 1. The van der Waals surface area contributed by atoms with Gasteiger partial charge < -0.3 is 9.80 Å². The van der Waals surface area contributed by atoms with E-state index in [0.717, 1.165) is 36.1 Å². The zero-order valence-electron chi connectivity index (χ0n) is 19.7. The van der Waals surface area contributed by atoms with Crippen molar-refractivity contribution in [2.24, 2.45) is 0 Å². The number of carbonyl (C=O) groups excluding carboxylic acids is 3. The van der Waals surface area contributed by atoms with Crippen LogP contribution < -0.4 is 4.90 Å². The van der Waals surface area contributed by atoms with Crippen LogP contribution in [0.25, 0.3) is 11.1 Å². The van der Waals surface area contributed by atoms with Crippen LogP contribution in [0, 0.1) is 0 Å². The van der Waals surface area contributed by atoms with Gasteiger partial charge in [-0.25, -0.2) is 9.97 Å². The quantitative estimate of drug-likeness (QED) is 0.580. The van der Waals surface area contributed by atoms with Gasteiger partial charge in [-0.05, 0) is 43.4 Å². The van der Waals surface area contributed by atoms with Crippen molar-refractivity contribution in [1.82, 2.24) is 19.8 Å². The van der Waals surface area contributed by atoms with E-state index in [1.54, 1.807) is 6.20 Å². The van der Waals surface area contributed by atoms with Crippen molar-refractivity contribution in [3.8, 4) is 11.1 Å². The average molecular weight is 484 g/mol. The van der Waals surface area contributed by atoms with E-state index in [1.165, 1.54) is 4.90 Å². The molecule has 2 fully saturated rings. The maximum absolute atomic E-state index is 13.4. The van der Waals surface area contributed by atoms with Crippen LogP contribution in [0.15, 0.2) is 30.5 Å². The highest BCUT2D eigenvalue weighted by atomic mass is 35.5. The highest BCUT2D eigenvalue weighted by molar-refractivity contribution is 6.30. The van der Waals surface area contributed by atoms with Gasteiger partial charge in [-0.2, -0.15) is 0 Å². The molecular formula is C25H30ClN5O3. The first-order valence-corrected chi connectivity index (χ1v) is 12.2. The van der Waals surface area contributed by atoms with Crippen LogP contribution in [0.2, 0.25) is 5.02 Å². The van der Waals surface area contributed by atoms with E-state index in [0.29, 0.717) is 36.8 Å². The molecule has 8 nitrogen and oxygen atoms in total. The van der Waals surface area contributed by atoms with Crippen LogP contribution in [0.4, 0.5) is 5.95 Å².